The van der Waals surface area contributed by atoms with Crippen molar-refractivity contribution in [1.29, 1.82) is 0 Å². The lowest BCUT2D eigenvalue weighted by Gasteiger charge is -2.23. The molecule has 0 bridgehead atoms. The summed E-state index contributed by atoms with van der Waals surface area (Å²) in [5.41, 5.74) is 1.82. The summed E-state index contributed by atoms with van der Waals surface area (Å²) in [7, 11) is 1.70. The van der Waals surface area contributed by atoms with E-state index in [-0.39, 0.29) is 25.1 Å². The highest BCUT2D eigenvalue weighted by Gasteiger charge is 2.15. The van der Waals surface area contributed by atoms with Crippen molar-refractivity contribution in [3.8, 4) is 0 Å². The van der Waals surface area contributed by atoms with E-state index in [9.17, 15) is 4.79 Å². The van der Waals surface area contributed by atoms with Crippen molar-refractivity contribution < 1.29 is 9.90 Å². The average Bonchev–Trinajstić information content (AvgIpc) is 2.80. The Hall–Kier alpha value is -1.88. The van der Waals surface area contributed by atoms with E-state index in [2.05, 4.69) is 4.98 Å². The van der Waals surface area contributed by atoms with Gasteiger partial charge >= 0.3 is 0 Å². The maximum absolute atomic E-state index is 12.0. The first-order valence-corrected chi connectivity index (χ1v) is 5.90. The molecule has 96 valence electrons. The number of para-hydroxylation sites is 2. The van der Waals surface area contributed by atoms with Gasteiger partial charge in [-0.15, -0.1) is 0 Å². The first-order valence-electron chi connectivity index (χ1n) is 5.90. The number of hydrogen-bond donors (Lipinski definition) is 1. The number of carbonyl (C=O) groups excluding carboxylic acids is 1. The predicted molar refractivity (Wildman–Crippen MR) is 69.1 cm³/mol. The number of aliphatic hydroxyl groups is 1. The van der Waals surface area contributed by atoms with Crippen LogP contribution in [-0.4, -0.2) is 45.2 Å². The average molecular weight is 247 g/mol. The van der Waals surface area contributed by atoms with E-state index in [4.69, 9.17) is 5.11 Å². The SMILES string of the molecule is CC(CO)N(C)C(=O)Cn1cnc2ccccc21. The number of nitrogens with zero attached hydrogens (tertiary/aromatic N) is 3. The molecule has 0 aliphatic heterocycles. The van der Waals surface area contributed by atoms with Crippen molar-refractivity contribution in [2.24, 2.45) is 0 Å². The maximum Gasteiger partial charge on any atom is 0.242 e. The zero-order chi connectivity index (χ0) is 13.1. The van der Waals surface area contributed by atoms with Crippen molar-refractivity contribution in [2.45, 2.75) is 19.5 Å². The summed E-state index contributed by atoms with van der Waals surface area (Å²) >= 11 is 0. The van der Waals surface area contributed by atoms with Gasteiger partial charge in [0, 0.05) is 7.05 Å². The van der Waals surface area contributed by atoms with Crippen molar-refractivity contribution in [3.05, 3.63) is 30.6 Å². The molecule has 0 fully saturated rings. The Labute approximate surface area is 106 Å². The van der Waals surface area contributed by atoms with Gasteiger partial charge in [-0.3, -0.25) is 4.79 Å². The first kappa shape index (κ1) is 12.6. The van der Waals surface area contributed by atoms with Crippen LogP contribution in [0.5, 0.6) is 0 Å². The molecular weight excluding hydrogens is 230 g/mol. The Kier molecular flexibility index (Phi) is 3.62. The number of fused-ring (bicyclic) bond motifs is 1. The van der Waals surface area contributed by atoms with E-state index in [0.29, 0.717) is 0 Å². The molecule has 5 nitrogen and oxygen atoms in total. The fourth-order valence-corrected chi connectivity index (χ4v) is 1.76. The maximum atomic E-state index is 12.0. The van der Waals surface area contributed by atoms with Crippen molar-refractivity contribution in [3.63, 3.8) is 0 Å². The molecule has 0 aliphatic rings. The zero-order valence-electron chi connectivity index (χ0n) is 10.6. The molecule has 1 atom stereocenters. The molecule has 0 saturated heterocycles. The molecule has 0 aliphatic carbocycles. The topological polar surface area (TPSA) is 58.4 Å². The number of amides is 1. The highest BCUT2D eigenvalue weighted by Crippen LogP contribution is 2.12. The normalized spacial score (nSPS) is 12.6. The van der Waals surface area contributed by atoms with Crippen LogP contribution in [0.4, 0.5) is 0 Å². The summed E-state index contributed by atoms with van der Waals surface area (Å²) in [5, 5.41) is 9.04. The molecule has 0 saturated carbocycles. The summed E-state index contributed by atoms with van der Waals surface area (Å²) in [4.78, 5) is 17.8. The highest BCUT2D eigenvalue weighted by molar-refractivity contribution is 5.80. The molecule has 1 N–H and O–H groups in total. The quantitative estimate of drug-likeness (QED) is 0.872. The lowest BCUT2D eigenvalue weighted by atomic mass is 10.3. The van der Waals surface area contributed by atoms with Gasteiger partial charge in [-0.25, -0.2) is 4.98 Å². The Morgan fingerprint density at radius 1 is 1.50 bits per heavy atom. The highest BCUT2D eigenvalue weighted by atomic mass is 16.3. The zero-order valence-corrected chi connectivity index (χ0v) is 10.6. The molecule has 1 aromatic carbocycles. The number of hydrogen-bond acceptors (Lipinski definition) is 3. The van der Waals surface area contributed by atoms with Crippen molar-refractivity contribution >= 4 is 16.9 Å². The summed E-state index contributed by atoms with van der Waals surface area (Å²) in [6, 6.07) is 7.51. The minimum atomic E-state index is -0.174. The molecule has 0 radical (unpaired) electrons. The van der Waals surface area contributed by atoms with Crippen molar-refractivity contribution in [1.82, 2.24) is 14.5 Å². The molecule has 5 heteroatoms. The third kappa shape index (κ3) is 2.36. The number of aliphatic hydroxyl groups excluding tert-OH is 1. The van der Waals surface area contributed by atoms with Crippen LogP contribution in [0.1, 0.15) is 6.92 Å². The summed E-state index contributed by atoms with van der Waals surface area (Å²) < 4.78 is 1.82. The minimum absolute atomic E-state index is 0.0348. The second-order valence-electron chi connectivity index (χ2n) is 4.40. The fourth-order valence-electron chi connectivity index (χ4n) is 1.76. The molecule has 1 amide bonds. The van der Waals surface area contributed by atoms with Crippen LogP contribution in [0.2, 0.25) is 0 Å². The third-order valence-corrected chi connectivity index (χ3v) is 3.15. The van der Waals surface area contributed by atoms with E-state index < -0.39 is 0 Å². The summed E-state index contributed by atoms with van der Waals surface area (Å²) in [6.07, 6.45) is 1.67. The molecule has 2 rings (SSSR count). The van der Waals surface area contributed by atoms with E-state index in [1.54, 1.807) is 18.3 Å². The van der Waals surface area contributed by atoms with Gasteiger partial charge in [-0.1, -0.05) is 12.1 Å². The van der Waals surface area contributed by atoms with Crippen LogP contribution in [0, 0.1) is 0 Å². The number of benzene rings is 1. The van der Waals surface area contributed by atoms with Crippen LogP contribution >= 0.6 is 0 Å². The predicted octanol–water partition coefficient (Wildman–Crippen LogP) is 0.875. The van der Waals surface area contributed by atoms with Gasteiger partial charge < -0.3 is 14.6 Å². The van der Waals surface area contributed by atoms with E-state index >= 15 is 0 Å². The van der Waals surface area contributed by atoms with Gasteiger partial charge in [0.2, 0.25) is 5.91 Å². The first-order chi connectivity index (χ1) is 8.63. The lowest BCUT2D eigenvalue weighted by molar-refractivity contribution is -0.132. The molecule has 2 aromatic rings. The second-order valence-corrected chi connectivity index (χ2v) is 4.40. The Bertz CT molecular complexity index is 550. The molecule has 1 heterocycles. The van der Waals surface area contributed by atoms with Gasteiger partial charge in [0.15, 0.2) is 0 Å². The Morgan fingerprint density at radius 2 is 2.22 bits per heavy atom. The van der Waals surface area contributed by atoms with Crippen molar-refractivity contribution in [2.75, 3.05) is 13.7 Å². The monoisotopic (exact) mass is 247 g/mol. The Balaban J connectivity index is 2.16. The van der Waals surface area contributed by atoms with Crippen LogP contribution in [0.15, 0.2) is 30.6 Å². The fraction of sp³-hybridized carbons (Fsp3) is 0.385. The van der Waals surface area contributed by atoms with Gasteiger partial charge in [-0.05, 0) is 19.1 Å². The smallest absolute Gasteiger partial charge is 0.242 e. The molecule has 1 aromatic heterocycles. The number of likely N-dealkylation sites (N-methyl/N-ethyl adjacent to an activating group) is 1. The standard InChI is InChI=1S/C13H17N3O2/c1-10(8-17)15(2)13(18)7-16-9-14-11-5-3-4-6-12(11)16/h3-6,9-10,17H,7-8H2,1-2H3. The summed E-state index contributed by atoms with van der Waals surface area (Å²) in [6.45, 7) is 2.01. The van der Waals surface area contributed by atoms with Crippen LogP contribution < -0.4 is 0 Å². The number of carbonyl (C=O) groups is 1. The lowest BCUT2D eigenvalue weighted by Crippen LogP contribution is -2.39. The van der Waals surface area contributed by atoms with Gasteiger partial charge in [0.1, 0.15) is 6.54 Å². The Morgan fingerprint density at radius 3 is 2.94 bits per heavy atom. The number of aromatic nitrogens is 2. The second kappa shape index (κ2) is 5.18. The van der Waals surface area contributed by atoms with Gasteiger partial charge in [0.25, 0.3) is 0 Å². The van der Waals surface area contributed by atoms with Gasteiger partial charge in [-0.2, -0.15) is 0 Å². The van der Waals surface area contributed by atoms with Crippen LogP contribution in [0.3, 0.4) is 0 Å². The van der Waals surface area contributed by atoms with E-state index in [1.165, 1.54) is 0 Å². The van der Waals surface area contributed by atoms with Crippen LogP contribution in [-0.2, 0) is 11.3 Å². The van der Waals surface area contributed by atoms with Crippen LogP contribution in [0.25, 0.3) is 11.0 Å². The summed E-state index contributed by atoms with van der Waals surface area (Å²) in [5.74, 6) is -0.0419. The molecule has 1 unspecified atom stereocenters. The molecular formula is C13H17N3O2. The van der Waals surface area contributed by atoms with Gasteiger partial charge in [0.05, 0.1) is 30.0 Å². The van der Waals surface area contributed by atoms with E-state index in [1.807, 2.05) is 35.8 Å². The number of rotatable bonds is 4. The molecule has 18 heavy (non-hydrogen) atoms. The third-order valence-electron chi connectivity index (χ3n) is 3.15. The largest absolute Gasteiger partial charge is 0.394 e. The number of imidazole rings is 1. The minimum Gasteiger partial charge on any atom is -0.394 e. The van der Waals surface area contributed by atoms with E-state index in [0.717, 1.165) is 11.0 Å². The molecule has 0 spiro atoms.